The molecule has 0 saturated carbocycles. The minimum atomic E-state index is -4.94. The average molecular weight is 1210 g/mol. The molecule has 0 radical (unpaired) electrons. The molecule has 17 nitrogen and oxygen atoms in total. The van der Waals surface area contributed by atoms with Crippen LogP contribution >= 0.6 is 15.6 Å². The molecule has 0 aliphatic carbocycles. The van der Waals surface area contributed by atoms with Gasteiger partial charge in [-0.2, -0.15) is 0 Å². The summed E-state index contributed by atoms with van der Waals surface area (Å²) in [7, 11) is -9.88. The van der Waals surface area contributed by atoms with Gasteiger partial charge in [0.25, 0.3) is 0 Å². The maximum Gasteiger partial charge on any atom is 0.472 e. The number of aliphatic hydroxyl groups excluding tert-OH is 1. The van der Waals surface area contributed by atoms with E-state index in [1.165, 1.54) is 122 Å². The number of ether oxygens (including phenoxy) is 4. The van der Waals surface area contributed by atoms with Gasteiger partial charge in [-0.1, -0.05) is 260 Å². The fraction of sp³-hybridized carbons (Fsp3) is 0.937. The Morgan fingerprint density at radius 1 is 0.329 bits per heavy atom. The van der Waals surface area contributed by atoms with Crippen LogP contribution in [0.25, 0.3) is 0 Å². The lowest BCUT2D eigenvalue weighted by Gasteiger charge is -2.21. The minimum absolute atomic E-state index is 0.102. The number of phosphoric ester groups is 2. The van der Waals surface area contributed by atoms with Crippen LogP contribution in [0.3, 0.4) is 0 Å². The lowest BCUT2D eigenvalue weighted by atomic mass is 10.0. The van der Waals surface area contributed by atoms with Crippen LogP contribution in [0.5, 0.6) is 0 Å². The summed E-state index contributed by atoms with van der Waals surface area (Å²) in [5.41, 5.74) is 0. The first-order chi connectivity index (χ1) is 39.4. The number of hydrogen-bond donors (Lipinski definition) is 3. The second kappa shape index (κ2) is 55.6. The number of hydrogen-bond acceptors (Lipinski definition) is 15. The normalized spacial score (nSPS) is 14.3. The molecule has 2 unspecified atom stereocenters. The standard InChI is InChI=1S/C63H122O17P2/c1-7-9-11-13-15-17-23-27-34-40-46-61(66)74-51-58(79-62(67)47-41-35-28-24-21-19-18-20-22-25-31-37-43-55(3)4)53-77-81(69,70)75-49-57(64)50-76-82(71,72)78-54-59(52-73-60(65)45-39-33-26-16-14-12-10-8-2)80-63(68)48-42-36-30-29-32-38-44-56(5)6/h55-59,64H,7-54H2,1-6H3,(H,69,70)(H,71,72)/t57-,58-,59-/m1/s1. The van der Waals surface area contributed by atoms with Crippen molar-refractivity contribution < 1.29 is 80.2 Å². The predicted molar refractivity (Wildman–Crippen MR) is 326 cm³/mol. The highest BCUT2D eigenvalue weighted by molar-refractivity contribution is 7.47. The van der Waals surface area contributed by atoms with Crippen molar-refractivity contribution in [1.29, 1.82) is 0 Å². The molecule has 19 heteroatoms. The molecule has 5 atom stereocenters. The summed E-state index contributed by atoms with van der Waals surface area (Å²) in [4.78, 5) is 72.0. The molecule has 0 rings (SSSR count). The van der Waals surface area contributed by atoms with Crippen molar-refractivity contribution in [2.75, 3.05) is 39.6 Å². The molecule has 3 N–H and O–H groups in total. The van der Waals surface area contributed by atoms with E-state index in [4.69, 9.17) is 37.0 Å². The molecule has 82 heavy (non-hydrogen) atoms. The number of carbonyl (C=O) groups is 4. The molecule has 0 amide bonds. The Balaban J connectivity index is 5.21. The average Bonchev–Trinajstić information content (AvgIpc) is 3.45. The van der Waals surface area contributed by atoms with E-state index < -0.39 is 97.5 Å². The summed E-state index contributed by atoms with van der Waals surface area (Å²) in [5.74, 6) is -0.695. The second-order valence-electron chi connectivity index (χ2n) is 23.7. The van der Waals surface area contributed by atoms with Crippen LogP contribution in [-0.2, 0) is 65.4 Å². The Labute approximate surface area is 498 Å². The first-order valence-corrected chi connectivity index (χ1v) is 36.0. The van der Waals surface area contributed by atoms with Crippen molar-refractivity contribution in [1.82, 2.24) is 0 Å². The van der Waals surface area contributed by atoms with Crippen LogP contribution in [0.4, 0.5) is 0 Å². The van der Waals surface area contributed by atoms with E-state index in [-0.39, 0.29) is 25.7 Å². The predicted octanol–water partition coefficient (Wildman–Crippen LogP) is 17.3. The molecule has 0 heterocycles. The van der Waals surface area contributed by atoms with Crippen molar-refractivity contribution in [3.8, 4) is 0 Å². The van der Waals surface area contributed by atoms with Crippen LogP contribution < -0.4 is 0 Å². The van der Waals surface area contributed by atoms with Gasteiger partial charge in [-0.25, -0.2) is 9.13 Å². The van der Waals surface area contributed by atoms with E-state index in [0.29, 0.717) is 31.6 Å². The highest BCUT2D eigenvalue weighted by Gasteiger charge is 2.30. The fourth-order valence-corrected chi connectivity index (χ4v) is 10.9. The maximum absolute atomic E-state index is 13.0. The van der Waals surface area contributed by atoms with Crippen LogP contribution in [0.15, 0.2) is 0 Å². The van der Waals surface area contributed by atoms with Crippen LogP contribution in [0.2, 0.25) is 0 Å². The molecule has 0 fully saturated rings. The zero-order valence-electron chi connectivity index (χ0n) is 52.8. The molecule has 486 valence electrons. The van der Waals surface area contributed by atoms with E-state index in [9.17, 15) is 43.2 Å². The number of phosphoric acid groups is 2. The topological polar surface area (TPSA) is 237 Å². The first-order valence-electron chi connectivity index (χ1n) is 33.0. The Hall–Kier alpha value is -1.94. The fourth-order valence-electron chi connectivity index (χ4n) is 9.35. The Morgan fingerprint density at radius 2 is 0.561 bits per heavy atom. The molecular formula is C63H122O17P2. The highest BCUT2D eigenvalue weighted by Crippen LogP contribution is 2.45. The number of carbonyl (C=O) groups excluding carboxylic acids is 4. The Bertz CT molecular complexity index is 1620. The quantitative estimate of drug-likeness (QED) is 0.0222. The number of unbranched alkanes of at least 4 members (excludes halogenated alkanes) is 32. The molecule has 0 spiro atoms. The van der Waals surface area contributed by atoms with Crippen LogP contribution in [0.1, 0.15) is 311 Å². The van der Waals surface area contributed by atoms with Gasteiger partial charge in [0.2, 0.25) is 0 Å². The Morgan fingerprint density at radius 3 is 0.829 bits per heavy atom. The van der Waals surface area contributed by atoms with Crippen molar-refractivity contribution in [3.05, 3.63) is 0 Å². The van der Waals surface area contributed by atoms with E-state index in [1.807, 2.05) is 0 Å². The summed E-state index contributed by atoms with van der Waals surface area (Å²) in [6.45, 7) is 9.37. The smallest absolute Gasteiger partial charge is 0.462 e. The largest absolute Gasteiger partial charge is 0.472 e. The third-order valence-corrected chi connectivity index (χ3v) is 16.4. The molecule has 0 aromatic carbocycles. The molecule has 0 aromatic heterocycles. The summed E-state index contributed by atoms with van der Waals surface area (Å²) < 4.78 is 67.9. The van der Waals surface area contributed by atoms with E-state index >= 15 is 0 Å². The van der Waals surface area contributed by atoms with Gasteiger partial charge >= 0.3 is 39.5 Å². The molecule has 0 aromatic rings. The Kier molecular flexibility index (Phi) is 54.3. The van der Waals surface area contributed by atoms with E-state index in [2.05, 4.69) is 41.5 Å². The van der Waals surface area contributed by atoms with Gasteiger partial charge in [0.1, 0.15) is 19.3 Å². The summed E-state index contributed by atoms with van der Waals surface area (Å²) in [6, 6.07) is 0. The van der Waals surface area contributed by atoms with Gasteiger partial charge in [0.05, 0.1) is 26.4 Å². The minimum Gasteiger partial charge on any atom is -0.462 e. The third-order valence-electron chi connectivity index (χ3n) is 14.5. The number of rotatable bonds is 62. The number of esters is 4. The van der Waals surface area contributed by atoms with Crippen LogP contribution in [0, 0.1) is 11.8 Å². The number of aliphatic hydroxyl groups is 1. The van der Waals surface area contributed by atoms with Crippen molar-refractivity contribution in [3.63, 3.8) is 0 Å². The summed E-state index contributed by atoms with van der Waals surface area (Å²) in [5, 5.41) is 10.5. The van der Waals surface area contributed by atoms with Crippen LogP contribution in [-0.4, -0.2) is 96.7 Å². The zero-order valence-corrected chi connectivity index (χ0v) is 54.6. The molecular weight excluding hydrogens is 1090 g/mol. The van der Waals surface area contributed by atoms with Crippen molar-refractivity contribution in [2.45, 2.75) is 330 Å². The summed E-state index contributed by atoms with van der Waals surface area (Å²) in [6.07, 6.45) is 37.7. The molecule has 0 bridgehead atoms. The maximum atomic E-state index is 13.0. The first kappa shape index (κ1) is 80.1. The van der Waals surface area contributed by atoms with E-state index in [1.54, 1.807) is 0 Å². The van der Waals surface area contributed by atoms with Gasteiger partial charge in [-0.15, -0.1) is 0 Å². The zero-order chi connectivity index (χ0) is 60.8. The second-order valence-corrected chi connectivity index (χ2v) is 26.7. The van der Waals surface area contributed by atoms with Crippen molar-refractivity contribution >= 4 is 39.5 Å². The highest BCUT2D eigenvalue weighted by atomic mass is 31.2. The molecule has 0 aliphatic heterocycles. The molecule has 0 aliphatic rings. The lowest BCUT2D eigenvalue weighted by molar-refractivity contribution is -0.161. The van der Waals surface area contributed by atoms with Crippen molar-refractivity contribution in [2.24, 2.45) is 11.8 Å². The summed E-state index contributed by atoms with van der Waals surface area (Å²) >= 11 is 0. The van der Waals surface area contributed by atoms with Gasteiger partial charge < -0.3 is 33.8 Å². The van der Waals surface area contributed by atoms with Gasteiger partial charge in [-0.3, -0.25) is 37.3 Å². The van der Waals surface area contributed by atoms with Gasteiger partial charge in [0.15, 0.2) is 12.2 Å². The third kappa shape index (κ3) is 57.2. The molecule has 0 saturated heterocycles. The SMILES string of the molecule is CCCCCCCCCCCCC(=O)OC[C@H](COP(=O)(O)OC[C@@H](O)COP(=O)(O)OC[C@@H](COC(=O)CCCCCCCCCC)OC(=O)CCCCCCCCC(C)C)OC(=O)CCCCCCCCCCCCCCC(C)C. The monoisotopic (exact) mass is 1210 g/mol. The lowest BCUT2D eigenvalue weighted by Crippen LogP contribution is -2.30. The van der Waals surface area contributed by atoms with Gasteiger partial charge in [0, 0.05) is 25.7 Å². The van der Waals surface area contributed by atoms with Gasteiger partial charge in [-0.05, 0) is 37.5 Å². The van der Waals surface area contributed by atoms with E-state index in [0.717, 1.165) is 102 Å².